The molecule has 0 fully saturated rings. The highest BCUT2D eigenvalue weighted by Gasteiger charge is 1.99. The van der Waals surface area contributed by atoms with E-state index in [0.29, 0.717) is 25.1 Å². The van der Waals surface area contributed by atoms with Crippen molar-refractivity contribution >= 4 is 0 Å². The highest BCUT2D eigenvalue weighted by molar-refractivity contribution is 5.07. The first-order valence-corrected chi connectivity index (χ1v) is 5.38. The van der Waals surface area contributed by atoms with Crippen molar-refractivity contribution in [3.8, 4) is 5.88 Å². The number of ether oxygens (including phenoxy) is 2. The molecular formula is C11H19N3O2. The van der Waals surface area contributed by atoms with E-state index < -0.39 is 0 Å². The van der Waals surface area contributed by atoms with Crippen LogP contribution in [0, 0.1) is 0 Å². The van der Waals surface area contributed by atoms with E-state index in [1.54, 1.807) is 19.5 Å². The fourth-order valence-electron chi connectivity index (χ4n) is 1.05. The van der Waals surface area contributed by atoms with Gasteiger partial charge in [0, 0.05) is 19.7 Å². The van der Waals surface area contributed by atoms with Gasteiger partial charge in [0.15, 0.2) is 0 Å². The maximum absolute atomic E-state index is 5.31. The van der Waals surface area contributed by atoms with E-state index in [4.69, 9.17) is 9.47 Å². The summed E-state index contributed by atoms with van der Waals surface area (Å²) in [5.74, 6) is 0.533. The molecule has 1 N–H and O–H groups in total. The smallest absolute Gasteiger partial charge is 0.232 e. The molecule has 0 aliphatic heterocycles. The molecule has 0 spiro atoms. The SMILES string of the molecule is COCCOc1cnc(CNC(C)C)cn1. The Morgan fingerprint density at radius 1 is 1.25 bits per heavy atom. The number of hydrogen-bond donors (Lipinski definition) is 1. The second kappa shape index (κ2) is 7.14. The van der Waals surface area contributed by atoms with Crippen molar-refractivity contribution in [2.24, 2.45) is 0 Å². The Hall–Kier alpha value is -1.20. The van der Waals surface area contributed by atoms with Gasteiger partial charge in [0.1, 0.15) is 6.61 Å². The van der Waals surface area contributed by atoms with Crippen molar-refractivity contribution in [1.82, 2.24) is 15.3 Å². The van der Waals surface area contributed by atoms with Gasteiger partial charge in [0.2, 0.25) is 5.88 Å². The third-order valence-corrected chi connectivity index (χ3v) is 1.91. The van der Waals surface area contributed by atoms with Gasteiger partial charge in [0.25, 0.3) is 0 Å². The third kappa shape index (κ3) is 5.04. The van der Waals surface area contributed by atoms with Crippen LogP contribution in [0.15, 0.2) is 12.4 Å². The predicted molar refractivity (Wildman–Crippen MR) is 61.4 cm³/mol. The van der Waals surface area contributed by atoms with Gasteiger partial charge in [-0.2, -0.15) is 0 Å². The summed E-state index contributed by atoms with van der Waals surface area (Å²) in [6, 6.07) is 0.444. The number of nitrogens with zero attached hydrogens (tertiary/aromatic N) is 2. The summed E-state index contributed by atoms with van der Waals surface area (Å²) >= 11 is 0. The lowest BCUT2D eigenvalue weighted by Crippen LogP contribution is -2.22. The van der Waals surface area contributed by atoms with Gasteiger partial charge in [-0.25, -0.2) is 4.98 Å². The molecule has 0 saturated heterocycles. The van der Waals surface area contributed by atoms with Crippen LogP contribution in [0.1, 0.15) is 19.5 Å². The Morgan fingerprint density at radius 3 is 2.62 bits per heavy atom. The Kier molecular flexibility index (Phi) is 5.74. The van der Waals surface area contributed by atoms with Crippen molar-refractivity contribution in [3.05, 3.63) is 18.1 Å². The fourth-order valence-corrected chi connectivity index (χ4v) is 1.05. The van der Waals surface area contributed by atoms with Crippen LogP contribution >= 0.6 is 0 Å². The molecule has 1 aromatic rings. The van der Waals surface area contributed by atoms with Crippen LogP contribution < -0.4 is 10.1 Å². The summed E-state index contributed by atoms with van der Waals surface area (Å²) < 4.78 is 10.2. The lowest BCUT2D eigenvalue weighted by Gasteiger charge is -2.08. The number of nitrogens with one attached hydrogen (secondary N) is 1. The van der Waals surface area contributed by atoms with E-state index in [-0.39, 0.29) is 0 Å². The van der Waals surface area contributed by atoms with E-state index >= 15 is 0 Å². The first-order valence-electron chi connectivity index (χ1n) is 5.38. The molecule has 1 heterocycles. The maximum Gasteiger partial charge on any atom is 0.232 e. The highest BCUT2D eigenvalue weighted by atomic mass is 16.5. The Morgan fingerprint density at radius 2 is 2.06 bits per heavy atom. The minimum atomic E-state index is 0.444. The van der Waals surface area contributed by atoms with E-state index in [9.17, 15) is 0 Å². The molecule has 1 rings (SSSR count). The fraction of sp³-hybridized carbons (Fsp3) is 0.636. The third-order valence-electron chi connectivity index (χ3n) is 1.91. The maximum atomic E-state index is 5.31. The first-order chi connectivity index (χ1) is 7.72. The molecular weight excluding hydrogens is 206 g/mol. The summed E-state index contributed by atoms with van der Waals surface area (Å²) in [5.41, 5.74) is 0.910. The monoisotopic (exact) mass is 225 g/mol. The van der Waals surface area contributed by atoms with E-state index in [0.717, 1.165) is 12.2 Å². The summed E-state index contributed by atoms with van der Waals surface area (Å²) in [6.45, 7) is 5.96. The molecule has 5 heteroatoms. The summed E-state index contributed by atoms with van der Waals surface area (Å²) in [5, 5.41) is 3.27. The Bertz CT molecular complexity index is 288. The molecule has 0 radical (unpaired) electrons. The van der Waals surface area contributed by atoms with Crippen LogP contribution in [0.5, 0.6) is 5.88 Å². The molecule has 0 saturated carbocycles. The predicted octanol–water partition coefficient (Wildman–Crippen LogP) is 1.000. The standard InChI is InChI=1S/C11H19N3O2/c1-9(2)12-6-10-7-14-11(8-13-10)16-5-4-15-3/h7-9,12H,4-6H2,1-3H3. The molecule has 0 unspecified atom stereocenters. The van der Waals surface area contributed by atoms with Gasteiger partial charge in [-0.3, -0.25) is 4.98 Å². The van der Waals surface area contributed by atoms with Gasteiger partial charge in [0.05, 0.1) is 24.7 Å². The largest absolute Gasteiger partial charge is 0.474 e. The second-order valence-corrected chi connectivity index (χ2v) is 3.72. The Labute approximate surface area is 96.2 Å². The van der Waals surface area contributed by atoms with Crippen LogP contribution in [-0.2, 0) is 11.3 Å². The summed E-state index contributed by atoms with van der Waals surface area (Å²) in [6.07, 6.45) is 3.35. The molecule has 0 atom stereocenters. The normalized spacial score (nSPS) is 10.8. The van der Waals surface area contributed by atoms with Crippen LogP contribution in [-0.4, -0.2) is 36.3 Å². The van der Waals surface area contributed by atoms with E-state index in [1.165, 1.54) is 0 Å². The van der Waals surface area contributed by atoms with Crippen molar-refractivity contribution in [2.45, 2.75) is 26.4 Å². The molecule has 90 valence electrons. The van der Waals surface area contributed by atoms with Crippen LogP contribution in [0.3, 0.4) is 0 Å². The van der Waals surface area contributed by atoms with Gasteiger partial charge < -0.3 is 14.8 Å². The molecule has 0 bridgehead atoms. The lowest BCUT2D eigenvalue weighted by atomic mass is 10.3. The van der Waals surface area contributed by atoms with Crippen LogP contribution in [0.4, 0.5) is 0 Å². The minimum absolute atomic E-state index is 0.444. The minimum Gasteiger partial charge on any atom is -0.474 e. The molecule has 0 aliphatic carbocycles. The Balaban J connectivity index is 2.35. The van der Waals surface area contributed by atoms with Crippen LogP contribution in [0.2, 0.25) is 0 Å². The molecule has 1 aromatic heterocycles. The van der Waals surface area contributed by atoms with E-state index in [1.807, 2.05) is 0 Å². The second-order valence-electron chi connectivity index (χ2n) is 3.72. The van der Waals surface area contributed by atoms with Crippen LogP contribution in [0.25, 0.3) is 0 Å². The topological polar surface area (TPSA) is 56.3 Å². The van der Waals surface area contributed by atoms with Crippen molar-refractivity contribution in [2.75, 3.05) is 20.3 Å². The van der Waals surface area contributed by atoms with Crippen molar-refractivity contribution in [1.29, 1.82) is 0 Å². The molecule has 5 nitrogen and oxygen atoms in total. The first kappa shape index (κ1) is 12.9. The van der Waals surface area contributed by atoms with Gasteiger partial charge in [-0.1, -0.05) is 13.8 Å². The average Bonchev–Trinajstić information content (AvgIpc) is 2.28. The lowest BCUT2D eigenvalue weighted by molar-refractivity contribution is 0.143. The van der Waals surface area contributed by atoms with Crippen molar-refractivity contribution in [3.63, 3.8) is 0 Å². The quantitative estimate of drug-likeness (QED) is 0.702. The molecule has 0 aliphatic rings. The number of hydrogen-bond acceptors (Lipinski definition) is 5. The van der Waals surface area contributed by atoms with Crippen molar-refractivity contribution < 1.29 is 9.47 Å². The molecule has 0 aromatic carbocycles. The molecule has 16 heavy (non-hydrogen) atoms. The number of methoxy groups -OCH3 is 1. The molecule has 0 amide bonds. The highest BCUT2D eigenvalue weighted by Crippen LogP contribution is 2.03. The van der Waals surface area contributed by atoms with Gasteiger partial charge in [-0.15, -0.1) is 0 Å². The number of aromatic nitrogens is 2. The summed E-state index contributed by atoms with van der Waals surface area (Å²) in [7, 11) is 1.63. The van der Waals surface area contributed by atoms with Gasteiger partial charge in [-0.05, 0) is 0 Å². The summed E-state index contributed by atoms with van der Waals surface area (Å²) in [4.78, 5) is 8.39. The average molecular weight is 225 g/mol. The number of rotatable bonds is 7. The zero-order chi connectivity index (χ0) is 11.8. The van der Waals surface area contributed by atoms with Gasteiger partial charge >= 0.3 is 0 Å². The van der Waals surface area contributed by atoms with E-state index in [2.05, 4.69) is 29.1 Å². The zero-order valence-corrected chi connectivity index (χ0v) is 10.1. The zero-order valence-electron chi connectivity index (χ0n) is 10.1.